The van der Waals surface area contributed by atoms with Gasteiger partial charge < -0.3 is 0 Å². The Morgan fingerprint density at radius 3 is 2.64 bits per heavy atom. The number of nitrogens with zero attached hydrogens (tertiary/aromatic N) is 2. The molecule has 0 aromatic rings. The lowest BCUT2D eigenvalue weighted by atomic mass is 9.98. The molecule has 0 radical (unpaired) electrons. The summed E-state index contributed by atoms with van der Waals surface area (Å²) in [6.07, 6.45) is 3.41. The minimum atomic E-state index is 0.204. The Morgan fingerprint density at radius 2 is 2.27 bits per heavy atom. The van der Waals surface area contributed by atoms with Gasteiger partial charge in [0.1, 0.15) is 0 Å². The van der Waals surface area contributed by atoms with Gasteiger partial charge in [0.05, 0.1) is 18.5 Å². The van der Waals surface area contributed by atoms with Gasteiger partial charge >= 0.3 is 0 Å². The van der Waals surface area contributed by atoms with Crippen LogP contribution >= 0.6 is 0 Å². The number of nitriles is 1. The first kappa shape index (κ1) is 10.2. The van der Waals surface area contributed by atoms with Gasteiger partial charge in [-0.1, -0.05) is 20.3 Å². The van der Waals surface area contributed by atoms with Gasteiger partial charge in [-0.3, -0.25) is 4.99 Å². The van der Waals surface area contributed by atoms with E-state index in [2.05, 4.69) is 24.9 Å². The van der Waals surface area contributed by atoms with E-state index in [-0.39, 0.29) is 6.04 Å². The summed E-state index contributed by atoms with van der Waals surface area (Å²) in [7, 11) is 0. The predicted molar refractivity (Wildman–Crippen MR) is 47.6 cm³/mol. The van der Waals surface area contributed by atoms with Crippen LogP contribution < -0.4 is 0 Å². The average molecular weight is 152 g/mol. The maximum absolute atomic E-state index is 8.48. The first-order valence-electron chi connectivity index (χ1n) is 4.11. The zero-order chi connectivity index (χ0) is 8.69. The molecule has 0 bridgehead atoms. The Kier molecular flexibility index (Phi) is 5.46. The molecule has 2 unspecified atom stereocenters. The van der Waals surface area contributed by atoms with Crippen LogP contribution in [0.3, 0.4) is 0 Å². The molecule has 0 aliphatic rings. The highest BCUT2D eigenvalue weighted by atomic mass is 14.8. The van der Waals surface area contributed by atoms with Gasteiger partial charge in [0.2, 0.25) is 0 Å². The lowest BCUT2D eigenvalue weighted by molar-refractivity contribution is 0.451. The molecule has 0 aromatic carbocycles. The van der Waals surface area contributed by atoms with Crippen LogP contribution in [0.4, 0.5) is 0 Å². The lowest BCUT2D eigenvalue weighted by Gasteiger charge is -2.14. The highest BCUT2D eigenvalue weighted by Gasteiger charge is 2.12. The van der Waals surface area contributed by atoms with Crippen LogP contribution in [0.1, 0.15) is 33.6 Å². The standard InChI is InChI=1S/C9H16N2/c1-4-8(3)9(6-7-10)11-5-2/h5,8-9H,4,6H2,1-3H3. The Bertz CT molecular complexity index is 155. The molecule has 2 heteroatoms. The molecule has 0 saturated carbocycles. The van der Waals surface area contributed by atoms with Crippen molar-refractivity contribution in [3.8, 4) is 6.07 Å². The van der Waals surface area contributed by atoms with Gasteiger partial charge in [-0.15, -0.1) is 0 Å². The molecule has 62 valence electrons. The molecule has 0 spiro atoms. The maximum Gasteiger partial charge on any atom is 0.0650 e. The number of hydrogen-bond acceptors (Lipinski definition) is 2. The van der Waals surface area contributed by atoms with E-state index in [0.29, 0.717) is 12.3 Å². The van der Waals surface area contributed by atoms with E-state index in [1.165, 1.54) is 0 Å². The van der Waals surface area contributed by atoms with E-state index < -0.39 is 0 Å². The smallest absolute Gasteiger partial charge is 0.0650 e. The average Bonchev–Trinajstić information content (AvgIpc) is 2.03. The van der Waals surface area contributed by atoms with E-state index >= 15 is 0 Å². The van der Waals surface area contributed by atoms with Crippen LogP contribution in [-0.2, 0) is 0 Å². The van der Waals surface area contributed by atoms with E-state index in [9.17, 15) is 0 Å². The molecule has 2 atom stereocenters. The third kappa shape index (κ3) is 3.77. The SMILES string of the molecule is CC=NC(CC#N)C(C)CC. The van der Waals surface area contributed by atoms with Crippen LogP contribution in [-0.4, -0.2) is 12.3 Å². The van der Waals surface area contributed by atoms with Crippen LogP contribution in [0.15, 0.2) is 4.99 Å². The van der Waals surface area contributed by atoms with E-state index in [1.807, 2.05) is 6.92 Å². The van der Waals surface area contributed by atoms with Crippen molar-refractivity contribution in [1.82, 2.24) is 0 Å². The van der Waals surface area contributed by atoms with Crippen molar-refractivity contribution in [2.75, 3.05) is 0 Å². The molecule has 0 saturated heterocycles. The van der Waals surface area contributed by atoms with E-state index in [4.69, 9.17) is 5.26 Å². The van der Waals surface area contributed by atoms with Crippen LogP contribution in [0.5, 0.6) is 0 Å². The maximum atomic E-state index is 8.48. The molecular formula is C9H16N2. The fraction of sp³-hybridized carbons (Fsp3) is 0.778. The lowest BCUT2D eigenvalue weighted by Crippen LogP contribution is -2.14. The molecule has 11 heavy (non-hydrogen) atoms. The van der Waals surface area contributed by atoms with Gasteiger partial charge in [0.25, 0.3) is 0 Å². The van der Waals surface area contributed by atoms with Gasteiger partial charge in [-0.25, -0.2) is 0 Å². The zero-order valence-electron chi connectivity index (χ0n) is 7.54. The minimum absolute atomic E-state index is 0.204. The van der Waals surface area contributed by atoms with E-state index in [1.54, 1.807) is 6.21 Å². The summed E-state index contributed by atoms with van der Waals surface area (Å²) in [5.74, 6) is 0.519. The highest BCUT2D eigenvalue weighted by Crippen LogP contribution is 2.13. The van der Waals surface area contributed by atoms with Crippen molar-refractivity contribution in [1.29, 1.82) is 5.26 Å². The second kappa shape index (κ2) is 5.91. The van der Waals surface area contributed by atoms with Crippen molar-refractivity contribution in [3.63, 3.8) is 0 Å². The van der Waals surface area contributed by atoms with Crippen molar-refractivity contribution < 1.29 is 0 Å². The second-order valence-electron chi connectivity index (χ2n) is 2.72. The van der Waals surface area contributed by atoms with Crippen LogP contribution in [0, 0.1) is 17.2 Å². The predicted octanol–water partition coefficient (Wildman–Crippen LogP) is 2.41. The molecule has 2 nitrogen and oxygen atoms in total. The second-order valence-corrected chi connectivity index (χ2v) is 2.72. The third-order valence-corrected chi connectivity index (χ3v) is 1.94. The molecule has 0 aliphatic carbocycles. The first-order valence-corrected chi connectivity index (χ1v) is 4.11. The molecule has 0 amide bonds. The molecule has 0 heterocycles. The molecule has 0 aliphatic heterocycles. The topological polar surface area (TPSA) is 36.1 Å². The third-order valence-electron chi connectivity index (χ3n) is 1.94. The number of rotatable bonds is 4. The zero-order valence-corrected chi connectivity index (χ0v) is 7.54. The Morgan fingerprint density at radius 1 is 1.64 bits per heavy atom. The Labute approximate surface area is 68.9 Å². The first-order chi connectivity index (χ1) is 5.26. The Balaban J connectivity index is 3.99. The molecular weight excluding hydrogens is 136 g/mol. The van der Waals surface area contributed by atoms with Crippen LogP contribution in [0.2, 0.25) is 0 Å². The summed E-state index contributed by atoms with van der Waals surface area (Å²) in [5, 5.41) is 8.48. The number of aliphatic imine (C=N–C) groups is 1. The van der Waals surface area contributed by atoms with Gasteiger partial charge in [-0.2, -0.15) is 5.26 Å². The summed E-state index contributed by atoms with van der Waals surface area (Å²) >= 11 is 0. The Hall–Kier alpha value is -0.840. The summed E-state index contributed by atoms with van der Waals surface area (Å²) in [6, 6.07) is 2.36. The van der Waals surface area contributed by atoms with Crippen molar-refractivity contribution in [2.24, 2.45) is 10.9 Å². The molecule has 0 rings (SSSR count). The normalized spacial score (nSPS) is 16.2. The minimum Gasteiger partial charge on any atom is -0.293 e. The fourth-order valence-corrected chi connectivity index (χ4v) is 0.958. The van der Waals surface area contributed by atoms with Gasteiger partial charge in [0, 0.05) is 0 Å². The fourth-order valence-electron chi connectivity index (χ4n) is 0.958. The molecule has 0 N–H and O–H groups in total. The van der Waals surface area contributed by atoms with Crippen LogP contribution in [0.25, 0.3) is 0 Å². The molecule has 0 aromatic heterocycles. The largest absolute Gasteiger partial charge is 0.293 e. The summed E-state index contributed by atoms with van der Waals surface area (Å²) in [5.41, 5.74) is 0. The summed E-state index contributed by atoms with van der Waals surface area (Å²) in [6.45, 7) is 6.15. The van der Waals surface area contributed by atoms with Crippen molar-refractivity contribution >= 4 is 6.21 Å². The highest BCUT2D eigenvalue weighted by molar-refractivity contribution is 5.53. The quantitative estimate of drug-likeness (QED) is 0.570. The van der Waals surface area contributed by atoms with Gasteiger partial charge in [-0.05, 0) is 19.1 Å². The van der Waals surface area contributed by atoms with Crippen molar-refractivity contribution in [3.05, 3.63) is 0 Å². The molecule has 0 fully saturated rings. The monoisotopic (exact) mass is 152 g/mol. The summed E-state index contributed by atoms with van der Waals surface area (Å²) < 4.78 is 0. The number of hydrogen-bond donors (Lipinski definition) is 0. The summed E-state index contributed by atoms with van der Waals surface area (Å²) in [4.78, 5) is 4.24. The van der Waals surface area contributed by atoms with Crippen molar-refractivity contribution in [2.45, 2.75) is 39.7 Å². The van der Waals surface area contributed by atoms with E-state index in [0.717, 1.165) is 6.42 Å². The van der Waals surface area contributed by atoms with Gasteiger partial charge in [0.15, 0.2) is 0 Å².